The highest BCUT2D eigenvalue weighted by Crippen LogP contribution is 2.28. The molecule has 0 atom stereocenters. The van der Waals surface area contributed by atoms with Gasteiger partial charge in [-0.3, -0.25) is 14.3 Å². The summed E-state index contributed by atoms with van der Waals surface area (Å²) in [4.78, 5) is 41.4. The van der Waals surface area contributed by atoms with Crippen LogP contribution in [-0.2, 0) is 19.6 Å². The molecule has 0 aliphatic heterocycles. The maximum Gasteiger partial charge on any atom is 0.340 e. The number of benzene rings is 2. The fourth-order valence-electron chi connectivity index (χ4n) is 3.50. The van der Waals surface area contributed by atoms with Crippen molar-refractivity contribution in [3.05, 3.63) is 64.6 Å². The van der Waals surface area contributed by atoms with Gasteiger partial charge in [0, 0.05) is 40.8 Å². The number of aromatic nitrogens is 2. The molecule has 0 saturated heterocycles. The zero-order valence-corrected chi connectivity index (χ0v) is 18.5. The highest BCUT2D eigenvalue weighted by molar-refractivity contribution is 7.92. The molecule has 0 bridgehead atoms. The molecule has 0 fully saturated rings. The zero-order valence-electron chi connectivity index (χ0n) is 17.7. The van der Waals surface area contributed by atoms with Crippen LogP contribution < -0.4 is 15.6 Å². The predicted octanol–water partition coefficient (Wildman–Crippen LogP) is 2.95. The number of carbonyl (C=O) groups is 2. The number of amides is 1. The van der Waals surface area contributed by atoms with Gasteiger partial charge in [0.25, 0.3) is 15.6 Å². The fraction of sp³-hybridized carbons (Fsp3) is 0.136. The molecule has 0 aliphatic rings. The smallest absolute Gasteiger partial charge is 0.340 e. The van der Waals surface area contributed by atoms with Crippen LogP contribution in [0, 0.1) is 0 Å². The van der Waals surface area contributed by atoms with E-state index in [-0.39, 0.29) is 34.2 Å². The van der Waals surface area contributed by atoms with Crippen molar-refractivity contribution in [2.45, 2.75) is 18.7 Å². The molecular formula is C22H20N4O6S. The summed E-state index contributed by atoms with van der Waals surface area (Å²) in [6.07, 6.45) is 1.39. The molecule has 11 heteroatoms. The zero-order chi connectivity index (χ0) is 23.8. The van der Waals surface area contributed by atoms with Crippen LogP contribution in [0.15, 0.2) is 58.4 Å². The van der Waals surface area contributed by atoms with Crippen molar-refractivity contribution < 1.29 is 22.7 Å². The molecular weight excluding hydrogens is 448 g/mol. The summed E-state index contributed by atoms with van der Waals surface area (Å²) in [7, 11) is -3.94. The highest BCUT2D eigenvalue weighted by atomic mass is 32.2. The molecule has 4 aromatic rings. The molecule has 0 radical (unpaired) electrons. The molecule has 33 heavy (non-hydrogen) atoms. The molecule has 2 heterocycles. The van der Waals surface area contributed by atoms with Crippen molar-refractivity contribution in [3.8, 4) is 0 Å². The van der Waals surface area contributed by atoms with E-state index in [2.05, 4.69) is 20.0 Å². The Hall–Kier alpha value is -4.12. The van der Waals surface area contributed by atoms with Gasteiger partial charge in [-0.1, -0.05) is 0 Å². The minimum atomic E-state index is -3.94. The number of sulfonamides is 1. The number of hydrogen-bond donors (Lipinski definition) is 4. The Bertz CT molecular complexity index is 1550. The van der Waals surface area contributed by atoms with E-state index in [0.29, 0.717) is 22.0 Å². The molecule has 10 nitrogen and oxygen atoms in total. The van der Waals surface area contributed by atoms with E-state index in [4.69, 9.17) is 4.74 Å². The standard InChI is InChI=1S/C22H20N4O6S/c1-3-32-22(29)17-11-23-20-19(17)16-10-14(6-9-18(16)25-21(20)28)26-33(30,31)15-7-4-13(5-8-15)24-12(2)27/h4-11,23,26H,3H2,1-2H3,(H,24,27)(H,25,28). The van der Waals surface area contributed by atoms with Gasteiger partial charge in [0.2, 0.25) is 5.91 Å². The molecule has 4 rings (SSSR count). The summed E-state index contributed by atoms with van der Waals surface area (Å²) in [5.74, 6) is -0.864. The lowest BCUT2D eigenvalue weighted by Gasteiger charge is -2.11. The molecule has 2 aromatic carbocycles. The van der Waals surface area contributed by atoms with E-state index in [1.54, 1.807) is 13.0 Å². The quantitative estimate of drug-likeness (QED) is 0.320. The van der Waals surface area contributed by atoms with Gasteiger partial charge >= 0.3 is 5.97 Å². The maximum atomic E-state index is 12.9. The largest absolute Gasteiger partial charge is 0.462 e. The normalized spacial score (nSPS) is 11.5. The van der Waals surface area contributed by atoms with Gasteiger partial charge in [0.1, 0.15) is 5.52 Å². The van der Waals surface area contributed by atoms with Crippen molar-refractivity contribution >= 4 is 55.1 Å². The number of esters is 1. The molecule has 0 saturated carbocycles. The Morgan fingerprint density at radius 2 is 1.76 bits per heavy atom. The first-order valence-corrected chi connectivity index (χ1v) is 11.4. The average molecular weight is 468 g/mol. The van der Waals surface area contributed by atoms with Gasteiger partial charge in [0.05, 0.1) is 17.1 Å². The summed E-state index contributed by atoms with van der Waals surface area (Å²) in [6, 6.07) is 10.3. The number of nitrogens with one attached hydrogen (secondary N) is 4. The summed E-state index contributed by atoms with van der Waals surface area (Å²) >= 11 is 0. The predicted molar refractivity (Wildman–Crippen MR) is 124 cm³/mol. The van der Waals surface area contributed by atoms with E-state index in [1.807, 2.05) is 0 Å². The van der Waals surface area contributed by atoms with Crippen LogP contribution >= 0.6 is 0 Å². The van der Waals surface area contributed by atoms with Gasteiger partial charge in [-0.25, -0.2) is 13.2 Å². The van der Waals surface area contributed by atoms with E-state index < -0.39 is 21.6 Å². The summed E-state index contributed by atoms with van der Waals surface area (Å²) in [5.41, 5.74) is 1.08. The number of rotatable bonds is 6. The van der Waals surface area contributed by atoms with Crippen molar-refractivity contribution in [2.75, 3.05) is 16.6 Å². The van der Waals surface area contributed by atoms with Crippen LogP contribution in [0.4, 0.5) is 11.4 Å². The number of hydrogen-bond acceptors (Lipinski definition) is 6. The van der Waals surface area contributed by atoms with Crippen molar-refractivity contribution in [2.24, 2.45) is 0 Å². The van der Waals surface area contributed by atoms with Gasteiger partial charge in [-0.15, -0.1) is 0 Å². The number of H-pyrrole nitrogens is 2. The Kier molecular flexibility index (Phi) is 5.64. The van der Waals surface area contributed by atoms with Crippen LogP contribution in [0.3, 0.4) is 0 Å². The van der Waals surface area contributed by atoms with Crippen LogP contribution in [0.1, 0.15) is 24.2 Å². The van der Waals surface area contributed by atoms with Crippen LogP contribution in [0.25, 0.3) is 21.8 Å². The second-order valence-corrected chi connectivity index (χ2v) is 8.88. The SMILES string of the molecule is CCOC(=O)c1c[nH]c2c(=O)[nH]c3ccc(NS(=O)(=O)c4ccc(NC(C)=O)cc4)cc3c12. The van der Waals surface area contributed by atoms with Crippen LogP contribution in [0.2, 0.25) is 0 Å². The number of fused-ring (bicyclic) bond motifs is 3. The molecule has 0 aliphatic carbocycles. The lowest BCUT2D eigenvalue weighted by Crippen LogP contribution is -2.13. The molecule has 0 unspecified atom stereocenters. The Morgan fingerprint density at radius 3 is 2.42 bits per heavy atom. The number of carbonyl (C=O) groups excluding carboxylic acids is 2. The molecule has 1 amide bonds. The lowest BCUT2D eigenvalue weighted by molar-refractivity contribution is -0.114. The van der Waals surface area contributed by atoms with E-state index in [9.17, 15) is 22.8 Å². The van der Waals surface area contributed by atoms with Gasteiger partial charge in [-0.2, -0.15) is 0 Å². The van der Waals surface area contributed by atoms with E-state index in [1.165, 1.54) is 49.5 Å². The van der Waals surface area contributed by atoms with Crippen molar-refractivity contribution in [1.29, 1.82) is 0 Å². The van der Waals surface area contributed by atoms with Crippen LogP contribution in [0.5, 0.6) is 0 Å². The topological polar surface area (TPSA) is 150 Å². The minimum absolute atomic E-state index is 0.00262. The average Bonchev–Trinajstić information content (AvgIpc) is 3.20. The first kappa shape index (κ1) is 22.1. The van der Waals surface area contributed by atoms with Gasteiger partial charge < -0.3 is 20.0 Å². The van der Waals surface area contributed by atoms with Crippen LogP contribution in [-0.4, -0.2) is 36.9 Å². The highest BCUT2D eigenvalue weighted by Gasteiger charge is 2.19. The summed E-state index contributed by atoms with van der Waals surface area (Å²) in [5, 5.41) is 3.38. The molecule has 170 valence electrons. The van der Waals surface area contributed by atoms with Gasteiger partial charge in [0.15, 0.2) is 0 Å². The number of aromatic amines is 2. The third kappa shape index (κ3) is 4.30. The van der Waals surface area contributed by atoms with Crippen molar-refractivity contribution in [3.63, 3.8) is 0 Å². The monoisotopic (exact) mass is 468 g/mol. The second-order valence-electron chi connectivity index (χ2n) is 7.20. The van der Waals surface area contributed by atoms with Gasteiger partial charge in [-0.05, 0) is 49.4 Å². The summed E-state index contributed by atoms with van der Waals surface area (Å²) in [6.45, 7) is 3.19. The minimum Gasteiger partial charge on any atom is -0.462 e. The first-order chi connectivity index (χ1) is 15.7. The third-order valence-corrected chi connectivity index (χ3v) is 6.27. The Labute approximate surface area is 188 Å². The van der Waals surface area contributed by atoms with Crippen molar-refractivity contribution in [1.82, 2.24) is 9.97 Å². The first-order valence-electron chi connectivity index (χ1n) is 9.94. The van der Waals surface area contributed by atoms with E-state index in [0.717, 1.165) is 0 Å². The van der Waals surface area contributed by atoms with E-state index >= 15 is 0 Å². The second kappa shape index (κ2) is 8.43. The third-order valence-electron chi connectivity index (χ3n) is 4.88. The fourth-order valence-corrected chi connectivity index (χ4v) is 4.54. The summed E-state index contributed by atoms with van der Waals surface area (Å²) < 4.78 is 33.3. The molecule has 4 N–H and O–H groups in total. The Morgan fingerprint density at radius 1 is 1.06 bits per heavy atom. The Balaban J connectivity index is 1.76. The number of pyridine rings is 1. The number of ether oxygens (including phenoxy) is 1. The molecule has 2 aromatic heterocycles. The lowest BCUT2D eigenvalue weighted by atomic mass is 10.1. The number of anilines is 2. The molecule has 0 spiro atoms. The maximum absolute atomic E-state index is 12.9.